The van der Waals surface area contributed by atoms with Crippen LogP contribution in [0.2, 0.25) is 0 Å². The number of aromatic nitrogens is 3. The van der Waals surface area contributed by atoms with Crippen molar-refractivity contribution in [2.75, 3.05) is 38.7 Å². The van der Waals surface area contributed by atoms with Crippen LogP contribution in [0.5, 0.6) is 5.75 Å². The smallest absolute Gasteiger partial charge is 0.278 e. The molecule has 0 unspecified atom stereocenters. The number of benzene rings is 1. The van der Waals surface area contributed by atoms with Gasteiger partial charge in [-0.15, -0.1) is 12.4 Å². The fraction of sp³-hybridized carbons (Fsp3) is 0.421. The summed E-state index contributed by atoms with van der Waals surface area (Å²) in [6.45, 7) is 6.49. The van der Waals surface area contributed by atoms with E-state index in [-0.39, 0.29) is 18.3 Å². The first-order chi connectivity index (χ1) is 13.0. The van der Waals surface area contributed by atoms with Gasteiger partial charge in [0.25, 0.3) is 5.91 Å². The van der Waals surface area contributed by atoms with E-state index in [1.807, 2.05) is 46.1 Å². The lowest BCUT2D eigenvalue weighted by molar-refractivity contribution is 0.0975. The number of nitrogens with zero attached hydrogens (tertiary/aromatic N) is 5. The molecule has 3 rings (SSSR count). The largest absolute Gasteiger partial charge is 0.494 e. The molecule has 2 aromatic heterocycles. The van der Waals surface area contributed by atoms with Gasteiger partial charge in [-0.2, -0.15) is 5.10 Å². The van der Waals surface area contributed by atoms with Gasteiger partial charge in [-0.3, -0.25) is 14.4 Å². The van der Waals surface area contributed by atoms with E-state index < -0.39 is 0 Å². The molecule has 152 valence electrons. The molecule has 0 N–H and O–H groups in total. The Hall–Kier alpha value is -2.16. The number of halogens is 1. The van der Waals surface area contributed by atoms with Gasteiger partial charge in [-0.25, -0.2) is 4.98 Å². The number of rotatable bonds is 8. The van der Waals surface area contributed by atoms with Crippen LogP contribution in [0.1, 0.15) is 24.3 Å². The molecule has 1 amide bonds. The third-order valence-electron chi connectivity index (χ3n) is 4.14. The van der Waals surface area contributed by atoms with Crippen molar-refractivity contribution < 1.29 is 9.53 Å². The fourth-order valence-corrected chi connectivity index (χ4v) is 3.77. The quantitative estimate of drug-likeness (QED) is 0.554. The van der Waals surface area contributed by atoms with Gasteiger partial charge in [0.2, 0.25) is 0 Å². The zero-order chi connectivity index (χ0) is 19.4. The standard InChI is InChI=1S/C19H25N5O2S.ClH/c1-5-24-16(9-10-20-24)18(25)23(12-11-22(3)4)19-21-15-8-7-14(26-6-2)13-17(15)27-19;/h7-10,13H,5-6,11-12H2,1-4H3;1H. The zero-order valence-corrected chi connectivity index (χ0v) is 18.2. The van der Waals surface area contributed by atoms with Crippen molar-refractivity contribution in [2.24, 2.45) is 0 Å². The maximum Gasteiger partial charge on any atom is 0.278 e. The number of fused-ring (bicyclic) bond motifs is 1. The number of carbonyl (C=O) groups is 1. The third-order valence-corrected chi connectivity index (χ3v) is 5.18. The summed E-state index contributed by atoms with van der Waals surface area (Å²) in [5, 5.41) is 4.92. The Labute approximate surface area is 175 Å². The van der Waals surface area contributed by atoms with Crippen LogP contribution in [-0.4, -0.2) is 59.4 Å². The highest BCUT2D eigenvalue weighted by atomic mass is 35.5. The maximum atomic E-state index is 13.2. The summed E-state index contributed by atoms with van der Waals surface area (Å²) in [5.74, 6) is 0.732. The lowest BCUT2D eigenvalue weighted by Gasteiger charge is -2.22. The molecule has 2 heterocycles. The van der Waals surface area contributed by atoms with Crippen molar-refractivity contribution >= 4 is 45.0 Å². The Kier molecular flexibility index (Phi) is 7.79. The minimum atomic E-state index is -0.0831. The number of anilines is 1. The molecule has 28 heavy (non-hydrogen) atoms. The Morgan fingerprint density at radius 2 is 2.00 bits per heavy atom. The SMILES string of the molecule is CCOc1ccc2nc(N(CCN(C)C)C(=O)c3ccnn3CC)sc2c1.Cl. The molecule has 0 aliphatic rings. The van der Waals surface area contributed by atoms with Gasteiger partial charge in [0.1, 0.15) is 11.4 Å². The summed E-state index contributed by atoms with van der Waals surface area (Å²) in [5.41, 5.74) is 1.44. The van der Waals surface area contributed by atoms with Crippen LogP contribution in [0.4, 0.5) is 5.13 Å². The fourth-order valence-electron chi connectivity index (χ4n) is 2.75. The van der Waals surface area contributed by atoms with Crippen molar-refractivity contribution in [3.05, 3.63) is 36.2 Å². The Balaban J connectivity index is 0.00000280. The Bertz CT molecular complexity index is 924. The number of hydrogen-bond donors (Lipinski definition) is 0. The van der Waals surface area contributed by atoms with Crippen LogP contribution in [0, 0.1) is 0 Å². The molecular formula is C19H26ClN5O2S. The van der Waals surface area contributed by atoms with Crippen molar-refractivity contribution in [3.8, 4) is 5.75 Å². The number of amides is 1. The van der Waals surface area contributed by atoms with Gasteiger partial charge >= 0.3 is 0 Å². The average molecular weight is 424 g/mol. The van der Waals surface area contributed by atoms with Crippen LogP contribution in [0.15, 0.2) is 30.5 Å². The van der Waals surface area contributed by atoms with E-state index in [0.29, 0.717) is 30.5 Å². The van der Waals surface area contributed by atoms with Crippen molar-refractivity contribution in [3.63, 3.8) is 0 Å². The van der Waals surface area contributed by atoms with Gasteiger partial charge in [-0.1, -0.05) is 11.3 Å². The molecule has 3 aromatic rings. The molecule has 0 saturated carbocycles. The predicted octanol–water partition coefficient (Wildman–Crippen LogP) is 3.54. The molecule has 0 atom stereocenters. The van der Waals surface area contributed by atoms with Gasteiger partial charge in [0.05, 0.1) is 16.8 Å². The molecule has 0 saturated heterocycles. The Morgan fingerprint density at radius 3 is 2.68 bits per heavy atom. The lowest BCUT2D eigenvalue weighted by Crippen LogP contribution is -2.37. The second-order valence-corrected chi connectivity index (χ2v) is 7.36. The third kappa shape index (κ3) is 4.81. The molecule has 0 bridgehead atoms. The van der Waals surface area contributed by atoms with E-state index in [4.69, 9.17) is 9.72 Å². The van der Waals surface area contributed by atoms with Gasteiger partial charge in [0, 0.05) is 25.8 Å². The zero-order valence-electron chi connectivity index (χ0n) is 16.6. The van der Waals surface area contributed by atoms with Crippen LogP contribution < -0.4 is 9.64 Å². The van der Waals surface area contributed by atoms with E-state index in [1.54, 1.807) is 21.8 Å². The lowest BCUT2D eigenvalue weighted by atomic mass is 10.3. The van der Waals surface area contributed by atoms with Crippen LogP contribution in [-0.2, 0) is 6.54 Å². The molecule has 9 heteroatoms. The van der Waals surface area contributed by atoms with E-state index in [1.165, 1.54) is 11.3 Å². The normalized spacial score (nSPS) is 10.9. The van der Waals surface area contributed by atoms with Gasteiger partial charge < -0.3 is 9.64 Å². The summed E-state index contributed by atoms with van der Waals surface area (Å²) in [6.07, 6.45) is 1.66. The van der Waals surface area contributed by atoms with Crippen LogP contribution >= 0.6 is 23.7 Å². The first kappa shape index (κ1) is 22.1. The van der Waals surface area contributed by atoms with E-state index >= 15 is 0 Å². The first-order valence-corrected chi connectivity index (χ1v) is 9.87. The number of likely N-dealkylation sites (N-methyl/N-ethyl adjacent to an activating group) is 1. The highest BCUT2D eigenvalue weighted by Crippen LogP contribution is 2.32. The predicted molar refractivity (Wildman–Crippen MR) is 116 cm³/mol. The average Bonchev–Trinajstić information content (AvgIpc) is 3.27. The molecule has 0 spiro atoms. The van der Waals surface area contributed by atoms with Gasteiger partial charge in [-0.05, 0) is 52.2 Å². The number of aryl methyl sites for hydroxylation is 1. The summed E-state index contributed by atoms with van der Waals surface area (Å²) >= 11 is 1.50. The van der Waals surface area contributed by atoms with Crippen LogP contribution in [0.25, 0.3) is 10.2 Å². The highest BCUT2D eigenvalue weighted by molar-refractivity contribution is 7.22. The van der Waals surface area contributed by atoms with Crippen molar-refractivity contribution in [1.82, 2.24) is 19.7 Å². The van der Waals surface area contributed by atoms with E-state index in [0.717, 1.165) is 22.5 Å². The topological polar surface area (TPSA) is 63.5 Å². The number of hydrogen-bond acceptors (Lipinski definition) is 6. The summed E-state index contributed by atoms with van der Waals surface area (Å²) in [6, 6.07) is 7.58. The second kappa shape index (κ2) is 9.86. The monoisotopic (exact) mass is 423 g/mol. The minimum Gasteiger partial charge on any atom is -0.494 e. The second-order valence-electron chi connectivity index (χ2n) is 6.35. The molecule has 0 aliphatic carbocycles. The van der Waals surface area contributed by atoms with E-state index in [2.05, 4.69) is 10.00 Å². The number of ether oxygens (including phenoxy) is 1. The van der Waals surface area contributed by atoms with Gasteiger partial charge in [0.15, 0.2) is 5.13 Å². The Morgan fingerprint density at radius 1 is 1.21 bits per heavy atom. The molecule has 0 radical (unpaired) electrons. The molecular weight excluding hydrogens is 398 g/mol. The maximum absolute atomic E-state index is 13.2. The molecule has 0 fully saturated rings. The summed E-state index contributed by atoms with van der Waals surface area (Å²) in [4.78, 5) is 21.7. The number of thiazole rings is 1. The van der Waals surface area contributed by atoms with E-state index in [9.17, 15) is 4.79 Å². The molecule has 7 nitrogen and oxygen atoms in total. The molecule has 0 aliphatic heterocycles. The van der Waals surface area contributed by atoms with Crippen molar-refractivity contribution in [1.29, 1.82) is 0 Å². The summed E-state index contributed by atoms with van der Waals surface area (Å²) < 4.78 is 8.30. The highest BCUT2D eigenvalue weighted by Gasteiger charge is 2.24. The molecule has 1 aromatic carbocycles. The summed E-state index contributed by atoms with van der Waals surface area (Å²) in [7, 11) is 3.98. The number of carbonyl (C=O) groups excluding carboxylic acids is 1. The first-order valence-electron chi connectivity index (χ1n) is 9.05. The van der Waals surface area contributed by atoms with Crippen molar-refractivity contribution in [2.45, 2.75) is 20.4 Å². The van der Waals surface area contributed by atoms with Crippen LogP contribution in [0.3, 0.4) is 0 Å². The minimum absolute atomic E-state index is 0.